The molecule has 2 aliphatic rings. The minimum absolute atomic E-state index is 0. The summed E-state index contributed by atoms with van der Waals surface area (Å²) in [5.74, 6) is -0.249. The van der Waals surface area contributed by atoms with E-state index in [1.165, 1.54) is 6.07 Å². The Morgan fingerprint density at radius 2 is 1.90 bits per heavy atom. The first-order valence-electron chi connectivity index (χ1n) is 7.05. The fourth-order valence-electron chi connectivity index (χ4n) is 2.62. The van der Waals surface area contributed by atoms with Crippen LogP contribution in [0.3, 0.4) is 0 Å². The molecular weight excluding hydrogens is 279 g/mol. The third kappa shape index (κ3) is 3.49. The van der Waals surface area contributed by atoms with E-state index in [2.05, 4.69) is 10.6 Å². The molecular formula is C15H20ClFN2O. The quantitative estimate of drug-likeness (QED) is 0.900. The topological polar surface area (TPSA) is 41.1 Å². The monoisotopic (exact) mass is 298 g/mol. The van der Waals surface area contributed by atoms with Gasteiger partial charge in [-0.15, -0.1) is 12.4 Å². The second-order valence-electron chi connectivity index (χ2n) is 5.51. The summed E-state index contributed by atoms with van der Waals surface area (Å²) in [7, 11) is 0. The van der Waals surface area contributed by atoms with Crippen molar-refractivity contribution in [2.45, 2.75) is 37.6 Å². The number of amides is 1. The fourth-order valence-corrected chi connectivity index (χ4v) is 2.62. The number of nitrogens with one attached hydrogen (secondary N) is 2. The number of hydrogen-bond donors (Lipinski definition) is 2. The van der Waals surface area contributed by atoms with E-state index in [4.69, 9.17) is 0 Å². The van der Waals surface area contributed by atoms with Gasteiger partial charge in [-0.05, 0) is 62.4 Å². The zero-order chi connectivity index (χ0) is 13.2. The van der Waals surface area contributed by atoms with Crippen LogP contribution in [0.15, 0.2) is 18.2 Å². The number of piperidine rings is 1. The van der Waals surface area contributed by atoms with Gasteiger partial charge in [-0.2, -0.15) is 0 Å². The first kappa shape index (κ1) is 15.3. The van der Waals surface area contributed by atoms with Gasteiger partial charge in [0.15, 0.2) is 0 Å². The van der Waals surface area contributed by atoms with E-state index < -0.39 is 5.82 Å². The summed E-state index contributed by atoms with van der Waals surface area (Å²) in [4.78, 5) is 12.0. The summed E-state index contributed by atoms with van der Waals surface area (Å²) >= 11 is 0. The number of carbonyl (C=O) groups excluding carboxylic acids is 1. The molecule has 2 N–H and O–H groups in total. The van der Waals surface area contributed by atoms with Gasteiger partial charge in [0.25, 0.3) is 5.91 Å². The summed E-state index contributed by atoms with van der Waals surface area (Å²) in [6.07, 6.45) is 4.13. The molecule has 1 amide bonds. The highest BCUT2D eigenvalue weighted by Crippen LogP contribution is 2.27. The maximum Gasteiger partial charge on any atom is 0.254 e. The molecule has 2 fully saturated rings. The molecule has 3 nitrogen and oxygen atoms in total. The van der Waals surface area contributed by atoms with Crippen molar-refractivity contribution in [2.24, 2.45) is 0 Å². The van der Waals surface area contributed by atoms with Crippen molar-refractivity contribution >= 4 is 18.3 Å². The second kappa shape index (κ2) is 6.55. The van der Waals surface area contributed by atoms with Crippen LogP contribution in [0, 0.1) is 5.82 Å². The predicted molar refractivity (Wildman–Crippen MR) is 79.0 cm³/mol. The van der Waals surface area contributed by atoms with E-state index in [-0.39, 0.29) is 29.9 Å². The zero-order valence-corrected chi connectivity index (χ0v) is 12.1. The van der Waals surface area contributed by atoms with Crippen molar-refractivity contribution < 1.29 is 9.18 Å². The van der Waals surface area contributed by atoms with Crippen LogP contribution < -0.4 is 10.6 Å². The number of benzene rings is 1. The number of rotatable bonds is 3. The fraction of sp³-hybridized carbons (Fsp3) is 0.533. The lowest BCUT2D eigenvalue weighted by molar-refractivity contribution is 0.0947. The molecule has 0 radical (unpaired) electrons. The van der Waals surface area contributed by atoms with Gasteiger partial charge in [0.05, 0.1) is 5.56 Å². The largest absolute Gasteiger partial charge is 0.349 e. The normalized spacial score (nSPS) is 19.2. The Balaban J connectivity index is 0.00000147. The highest BCUT2D eigenvalue weighted by atomic mass is 35.5. The number of halogens is 2. The summed E-state index contributed by atoms with van der Waals surface area (Å²) in [6, 6.07) is 5.25. The molecule has 1 saturated carbocycles. The van der Waals surface area contributed by atoms with E-state index in [1.807, 2.05) is 6.07 Å². The molecule has 3 rings (SSSR count). The average Bonchev–Trinajstić information content (AvgIpc) is 3.24. The molecule has 0 atom stereocenters. The van der Waals surface area contributed by atoms with Crippen LogP contribution in [-0.2, 0) is 0 Å². The number of hydrogen-bond acceptors (Lipinski definition) is 2. The van der Waals surface area contributed by atoms with Crippen molar-refractivity contribution in [3.05, 3.63) is 35.1 Å². The molecule has 1 aliphatic carbocycles. The molecule has 110 valence electrons. The van der Waals surface area contributed by atoms with Gasteiger partial charge >= 0.3 is 0 Å². The molecule has 20 heavy (non-hydrogen) atoms. The van der Waals surface area contributed by atoms with Crippen LogP contribution in [0.4, 0.5) is 4.39 Å². The first-order chi connectivity index (χ1) is 9.24. The third-order valence-electron chi connectivity index (χ3n) is 3.96. The lowest BCUT2D eigenvalue weighted by Gasteiger charge is -2.23. The van der Waals surface area contributed by atoms with Gasteiger partial charge in [0.2, 0.25) is 0 Å². The Bertz CT molecular complexity index is 485. The van der Waals surface area contributed by atoms with E-state index in [0.717, 1.165) is 44.3 Å². The van der Waals surface area contributed by atoms with Gasteiger partial charge in [0, 0.05) is 6.04 Å². The zero-order valence-electron chi connectivity index (χ0n) is 11.3. The van der Waals surface area contributed by atoms with Crippen molar-refractivity contribution in [1.82, 2.24) is 10.6 Å². The minimum Gasteiger partial charge on any atom is -0.349 e. The maximum absolute atomic E-state index is 13.8. The van der Waals surface area contributed by atoms with Gasteiger partial charge in [0.1, 0.15) is 5.82 Å². The smallest absolute Gasteiger partial charge is 0.254 e. The predicted octanol–water partition coefficient (Wildman–Crippen LogP) is 2.61. The Hall–Kier alpha value is -1.13. The molecule has 1 aromatic carbocycles. The maximum atomic E-state index is 13.8. The molecule has 0 unspecified atom stereocenters. The third-order valence-corrected chi connectivity index (χ3v) is 3.96. The molecule has 5 heteroatoms. The summed E-state index contributed by atoms with van der Waals surface area (Å²) < 4.78 is 13.8. The Morgan fingerprint density at radius 1 is 1.20 bits per heavy atom. The first-order valence-corrected chi connectivity index (χ1v) is 7.05. The van der Waals surface area contributed by atoms with Gasteiger partial charge in [-0.25, -0.2) is 4.39 Å². The van der Waals surface area contributed by atoms with Crippen LogP contribution >= 0.6 is 12.4 Å². The molecule has 0 bridgehead atoms. The summed E-state index contributed by atoms with van der Waals surface area (Å²) in [5.41, 5.74) is 1.28. The van der Waals surface area contributed by atoms with Crippen LogP contribution in [0.2, 0.25) is 0 Å². The highest BCUT2D eigenvalue weighted by molar-refractivity contribution is 5.95. The van der Waals surface area contributed by atoms with Crippen LogP contribution in [0.5, 0.6) is 0 Å². The van der Waals surface area contributed by atoms with Crippen molar-refractivity contribution in [3.8, 4) is 0 Å². The van der Waals surface area contributed by atoms with E-state index in [1.54, 1.807) is 6.07 Å². The molecule has 1 aromatic rings. The van der Waals surface area contributed by atoms with Gasteiger partial charge < -0.3 is 10.6 Å². The van der Waals surface area contributed by atoms with Crippen LogP contribution in [-0.4, -0.2) is 25.0 Å². The average molecular weight is 299 g/mol. The lowest BCUT2D eigenvalue weighted by atomic mass is 9.89. The summed E-state index contributed by atoms with van der Waals surface area (Å²) in [5, 5.41) is 6.16. The van der Waals surface area contributed by atoms with E-state index >= 15 is 0 Å². The van der Waals surface area contributed by atoms with Crippen molar-refractivity contribution in [2.75, 3.05) is 13.1 Å². The summed E-state index contributed by atoms with van der Waals surface area (Å²) in [6.45, 7) is 1.98. The SMILES string of the molecule is Cl.O=C(NC1CC1)c1cc(C2CCNCC2)ccc1F. The molecule has 0 aromatic heterocycles. The molecule has 1 aliphatic heterocycles. The second-order valence-corrected chi connectivity index (χ2v) is 5.51. The Kier molecular flexibility index (Phi) is 5.00. The molecule has 0 spiro atoms. The standard InChI is InChI=1S/C15H19FN2O.ClH/c16-14-4-1-11(10-5-7-17-8-6-10)9-13(14)15(19)18-12-2-3-12;/h1,4,9-10,12,17H,2-3,5-8H2,(H,18,19);1H. The van der Waals surface area contributed by atoms with E-state index in [9.17, 15) is 9.18 Å². The lowest BCUT2D eigenvalue weighted by Crippen LogP contribution is -2.28. The molecule has 1 heterocycles. The van der Waals surface area contributed by atoms with Crippen LogP contribution in [0.25, 0.3) is 0 Å². The van der Waals surface area contributed by atoms with Gasteiger partial charge in [-0.1, -0.05) is 6.07 Å². The van der Waals surface area contributed by atoms with Gasteiger partial charge in [-0.3, -0.25) is 4.79 Å². The number of carbonyl (C=O) groups is 1. The van der Waals surface area contributed by atoms with Crippen molar-refractivity contribution in [1.29, 1.82) is 0 Å². The van der Waals surface area contributed by atoms with E-state index in [0.29, 0.717) is 5.92 Å². The highest BCUT2D eigenvalue weighted by Gasteiger charge is 2.25. The molecule has 1 saturated heterocycles. The Morgan fingerprint density at radius 3 is 2.55 bits per heavy atom. The van der Waals surface area contributed by atoms with Crippen molar-refractivity contribution in [3.63, 3.8) is 0 Å². The minimum atomic E-state index is -0.421. The Labute approximate surface area is 124 Å². The van der Waals surface area contributed by atoms with Crippen LogP contribution in [0.1, 0.15) is 47.5 Å².